The summed E-state index contributed by atoms with van der Waals surface area (Å²) in [4.78, 5) is 12.1. The second-order valence-electron chi connectivity index (χ2n) is 4.06. The molecule has 2 rings (SSSR count). The average molecular weight is 294 g/mol. The van der Waals surface area contributed by atoms with Crippen LogP contribution in [0.5, 0.6) is 11.5 Å². The highest BCUT2D eigenvalue weighted by Gasteiger charge is 2.17. The largest absolute Gasteiger partial charge is 0.507 e. The molecule has 1 aromatic carbocycles. The molecule has 1 atom stereocenters. The lowest BCUT2D eigenvalue weighted by atomic mass is 10.1. The molecule has 1 heterocycles. The normalized spacial score (nSPS) is 11.9. The van der Waals surface area contributed by atoms with Crippen LogP contribution in [0.25, 0.3) is 0 Å². The van der Waals surface area contributed by atoms with Gasteiger partial charge in [0.2, 0.25) is 5.13 Å². The van der Waals surface area contributed by atoms with Gasteiger partial charge in [0.05, 0.1) is 18.7 Å². The van der Waals surface area contributed by atoms with Crippen LogP contribution in [0.2, 0.25) is 0 Å². The van der Waals surface area contributed by atoms with E-state index in [9.17, 15) is 9.90 Å². The van der Waals surface area contributed by atoms with Crippen LogP contribution in [0.1, 0.15) is 28.3 Å². The smallest absolute Gasteiger partial charge is 0.255 e. The van der Waals surface area contributed by atoms with Crippen LogP contribution in [0.3, 0.4) is 0 Å². The second kappa shape index (κ2) is 5.74. The number of amides is 1. The molecule has 20 heavy (non-hydrogen) atoms. The number of benzene rings is 1. The van der Waals surface area contributed by atoms with Crippen molar-refractivity contribution in [3.8, 4) is 11.5 Å². The molecule has 4 N–H and O–H groups in total. The van der Waals surface area contributed by atoms with Gasteiger partial charge in [-0.15, -0.1) is 10.2 Å². The summed E-state index contributed by atoms with van der Waals surface area (Å²) in [6.07, 6.45) is 0. The van der Waals surface area contributed by atoms with Crippen molar-refractivity contribution in [3.63, 3.8) is 0 Å². The number of nitrogens with one attached hydrogen (secondary N) is 1. The van der Waals surface area contributed by atoms with Gasteiger partial charge in [-0.25, -0.2) is 0 Å². The van der Waals surface area contributed by atoms with Gasteiger partial charge < -0.3 is 20.9 Å². The number of phenolic OH excluding ortho intramolecular Hbond substituents is 1. The summed E-state index contributed by atoms with van der Waals surface area (Å²) >= 11 is 1.20. The number of carbonyl (C=O) groups is 1. The molecule has 8 heteroatoms. The number of anilines is 1. The first-order valence-electron chi connectivity index (χ1n) is 5.78. The summed E-state index contributed by atoms with van der Waals surface area (Å²) in [6.45, 7) is 1.76. The molecule has 2 aromatic rings. The number of aromatic hydroxyl groups is 1. The highest BCUT2D eigenvalue weighted by atomic mass is 32.1. The van der Waals surface area contributed by atoms with Crippen molar-refractivity contribution < 1.29 is 14.6 Å². The molecule has 0 saturated heterocycles. The predicted octanol–water partition coefficient (Wildman–Crippen LogP) is 1.33. The Bertz CT molecular complexity index is 629. The zero-order valence-corrected chi connectivity index (χ0v) is 11.8. The fourth-order valence-corrected chi connectivity index (χ4v) is 2.20. The summed E-state index contributed by atoms with van der Waals surface area (Å²) in [5, 5.41) is 21.0. The zero-order chi connectivity index (χ0) is 14.7. The van der Waals surface area contributed by atoms with Crippen molar-refractivity contribution in [1.29, 1.82) is 0 Å². The molecular formula is C12H14N4O3S. The topological polar surface area (TPSA) is 110 Å². The molecule has 1 unspecified atom stereocenters. The van der Waals surface area contributed by atoms with Crippen LogP contribution in [0, 0.1) is 0 Å². The van der Waals surface area contributed by atoms with Crippen LogP contribution in [0.15, 0.2) is 18.2 Å². The van der Waals surface area contributed by atoms with Crippen LogP contribution in [-0.4, -0.2) is 28.3 Å². The Hall–Kier alpha value is -2.35. The molecule has 0 spiro atoms. The number of nitrogens with zero attached hydrogens (tertiary/aromatic N) is 2. The Labute approximate surface area is 119 Å². The fraction of sp³-hybridized carbons (Fsp3) is 0.250. The average Bonchev–Trinajstić information content (AvgIpc) is 2.85. The van der Waals surface area contributed by atoms with Crippen LogP contribution in [-0.2, 0) is 0 Å². The minimum atomic E-state index is -0.411. The van der Waals surface area contributed by atoms with E-state index in [1.54, 1.807) is 13.0 Å². The minimum absolute atomic E-state index is 0.147. The third-order valence-corrected chi connectivity index (χ3v) is 3.56. The van der Waals surface area contributed by atoms with E-state index in [1.165, 1.54) is 30.6 Å². The van der Waals surface area contributed by atoms with Gasteiger partial charge in [0.15, 0.2) is 0 Å². The Balaban J connectivity index is 2.12. The SMILES string of the molecule is COc1ccc(C(=O)NC(C)c2nnc(N)s2)c(O)c1. The molecule has 1 amide bonds. The Morgan fingerprint density at radius 3 is 2.80 bits per heavy atom. The van der Waals surface area contributed by atoms with Crippen LogP contribution < -0.4 is 15.8 Å². The van der Waals surface area contributed by atoms with Gasteiger partial charge >= 0.3 is 0 Å². The lowest BCUT2D eigenvalue weighted by molar-refractivity contribution is 0.0937. The highest BCUT2D eigenvalue weighted by Crippen LogP contribution is 2.25. The molecule has 0 radical (unpaired) electrons. The maximum atomic E-state index is 12.1. The standard InChI is InChI=1S/C12H14N4O3S/c1-6(11-15-16-12(13)20-11)14-10(18)8-4-3-7(19-2)5-9(8)17/h3-6,17H,1-2H3,(H2,13,16)(H,14,18). The predicted molar refractivity (Wildman–Crippen MR) is 74.9 cm³/mol. The van der Waals surface area contributed by atoms with Crippen LogP contribution in [0.4, 0.5) is 5.13 Å². The Morgan fingerprint density at radius 2 is 2.25 bits per heavy atom. The maximum Gasteiger partial charge on any atom is 0.255 e. The highest BCUT2D eigenvalue weighted by molar-refractivity contribution is 7.15. The van der Waals surface area contributed by atoms with Crippen molar-refractivity contribution in [2.45, 2.75) is 13.0 Å². The number of phenols is 1. The number of nitrogen functional groups attached to an aromatic ring is 1. The van der Waals surface area contributed by atoms with Crippen LogP contribution >= 0.6 is 11.3 Å². The monoisotopic (exact) mass is 294 g/mol. The third-order valence-electron chi connectivity index (χ3n) is 2.62. The summed E-state index contributed by atoms with van der Waals surface area (Å²) < 4.78 is 4.96. The number of methoxy groups -OCH3 is 1. The molecule has 0 aliphatic carbocycles. The first-order chi connectivity index (χ1) is 9.51. The lowest BCUT2D eigenvalue weighted by Crippen LogP contribution is -2.26. The molecular weight excluding hydrogens is 280 g/mol. The summed E-state index contributed by atoms with van der Waals surface area (Å²) in [7, 11) is 1.48. The number of carbonyl (C=O) groups excluding carboxylic acids is 1. The van der Waals surface area contributed by atoms with E-state index in [0.717, 1.165) is 0 Å². The molecule has 0 fully saturated rings. The van der Waals surface area contributed by atoms with Crippen molar-refractivity contribution >= 4 is 22.4 Å². The molecule has 106 valence electrons. The number of hydrogen-bond donors (Lipinski definition) is 3. The number of aromatic nitrogens is 2. The van der Waals surface area contributed by atoms with Crippen molar-refractivity contribution in [2.24, 2.45) is 0 Å². The van der Waals surface area contributed by atoms with E-state index in [0.29, 0.717) is 15.9 Å². The molecule has 0 bridgehead atoms. The van der Waals surface area contributed by atoms with Gasteiger partial charge in [-0.1, -0.05) is 11.3 Å². The number of ether oxygens (including phenoxy) is 1. The van der Waals surface area contributed by atoms with Gasteiger partial charge in [0.1, 0.15) is 16.5 Å². The van der Waals surface area contributed by atoms with E-state index in [1.807, 2.05) is 0 Å². The molecule has 0 aliphatic rings. The summed E-state index contributed by atoms with van der Waals surface area (Å²) in [6, 6.07) is 4.12. The maximum absolute atomic E-state index is 12.1. The van der Waals surface area contributed by atoms with Crippen molar-refractivity contribution in [2.75, 3.05) is 12.8 Å². The third kappa shape index (κ3) is 2.97. The zero-order valence-electron chi connectivity index (χ0n) is 11.0. The summed E-state index contributed by atoms with van der Waals surface area (Å²) in [5.74, 6) is -0.0822. The van der Waals surface area contributed by atoms with Gasteiger partial charge in [-0.2, -0.15) is 0 Å². The fourth-order valence-electron chi connectivity index (χ4n) is 1.59. The molecule has 1 aromatic heterocycles. The number of hydrogen-bond acceptors (Lipinski definition) is 7. The first kappa shape index (κ1) is 14.1. The van der Waals surface area contributed by atoms with Gasteiger partial charge in [-0.05, 0) is 19.1 Å². The van der Waals surface area contributed by atoms with Gasteiger partial charge in [0.25, 0.3) is 5.91 Å². The minimum Gasteiger partial charge on any atom is -0.507 e. The summed E-state index contributed by atoms with van der Waals surface area (Å²) in [5.41, 5.74) is 5.65. The molecule has 7 nitrogen and oxygen atoms in total. The molecule has 0 saturated carbocycles. The van der Waals surface area contributed by atoms with E-state index in [2.05, 4.69) is 15.5 Å². The second-order valence-corrected chi connectivity index (χ2v) is 5.10. The van der Waals surface area contributed by atoms with Gasteiger partial charge in [-0.3, -0.25) is 4.79 Å². The van der Waals surface area contributed by atoms with Crippen molar-refractivity contribution in [1.82, 2.24) is 15.5 Å². The Morgan fingerprint density at radius 1 is 1.50 bits per heavy atom. The van der Waals surface area contributed by atoms with Gasteiger partial charge in [0, 0.05) is 6.07 Å². The Kier molecular flexibility index (Phi) is 4.04. The lowest BCUT2D eigenvalue weighted by Gasteiger charge is -2.12. The van der Waals surface area contributed by atoms with E-state index in [-0.39, 0.29) is 17.4 Å². The van der Waals surface area contributed by atoms with E-state index >= 15 is 0 Å². The van der Waals surface area contributed by atoms with Crippen molar-refractivity contribution in [3.05, 3.63) is 28.8 Å². The van der Waals surface area contributed by atoms with E-state index in [4.69, 9.17) is 10.5 Å². The first-order valence-corrected chi connectivity index (χ1v) is 6.59. The quantitative estimate of drug-likeness (QED) is 0.784. The number of nitrogens with two attached hydrogens (primary N) is 1. The molecule has 0 aliphatic heterocycles. The van der Waals surface area contributed by atoms with E-state index < -0.39 is 5.91 Å². The number of rotatable bonds is 4.